The minimum absolute atomic E-state index is 0.224. The summed E-state index contributed by atoms with van der Waals surface area (Å²) in [6.07, 6.45) is -2.85. The number of benzene rings is 1. The second-order valence-electron chi connectivity index (χ2n) is 5.64. The van der Waals surface area contributed by atoms with E-state index < -0.39 is 11.7 Å². The van der Waals surface area contributed by atoms with Crippen LogP contribution in [0.4, 0.5) is 24.8 Å². The third kappa shape index (κ3) is 3.96. The Morgan fingerprint density at radius 2 is 1.80 bits per heavy atom. The van der Waals surface area contributed by atoms with E-state index in [1.54, 1.807) is 25.3 Å². The van der Waals surface area contributed by atoms with Gasteiger partial charge in [-0.3, -0.25) is 0 Å². The van der Waals surface area contributed by atoms with Crippen LogP contribution in [0.25, 0.3) is 10.7 Å². The van der Waals surface area contributed by atoms with Gasteiger partial charge in [0, 0.05) is 16.8 Å². The Hall–Kier alpha value is -2.48. The molecule has 130 valence electrons. The molecule has 0 aliphatic heterocycles. The summed E-state index contributed by atoms with van der Waals surface area (Å²) in [4.78, 5) is 14.0. The Labute approximate surface area is 146 Å². The summed E-state index contributed by atoms with van der Waals surface area (Å²) >= 11 is 1.51. The number of alkyl halides is 3. The molecule has 1 aromatic carbocycles. The van der Waals surface area contributed by atoms with Crippen LogP contribution in [0.5, 0.6) is 0 Å². The molecule has 0 aliphatic carbocycles. The van der Waals surface area contributed by atoms with Crippen LogP contribution in [0.15, 0.2) is 30.5 Å². The van der Waals surface area contributed by atoms with E-state index in [0.717, 1.165) is 27.7 Å². The molecule has 0 unspecified atom stereocenters. The van der Waals surface area contributed by atoms with Crippen molar-refractivity contribution in [1.82, 2.24) is 15.0 Å². The normalized spacial score (nSPS) is 11.6. The molecule has 0 aliphatic rings. The van der Waals surface area contributed by atoms with Crippen molar-refractivity contribution in [2.75, 3.05) is 5.32 Å². The van der Waals surface area contributed by atoms with Crippen LogP contribution in [-0.4, -0.2) is 15.0 Å². The number of rotatable bonds is 3. The molecule has 0 spiro atoms. The molecule has 0 saturated heterocycles. The topological polar surface area (TPSA) is 50.7 Å². The zero-order valence-corrected chi connectivity index (χ0v) is 14.6. The van der Waals surface area contributed by atoms with Crippen molar-refractivity contribution < 1.29 is 13.2 Å². The van der Waals surface area contributed by atoms with Gasteiger partial charge in [-0.25, -0.2) is 15.0 Å². The van der Waals surface area contributed by atoms with Gasteiger partial charge >= 0.3 is 6.18 Å². The average Bonchev–Trinajstić information content (AvgIpc) is 2.86. The third-order valence-electron chi connectivity index (χ3n) is 3.56. The minimum atomic E-state index is -4.40. The van der Waals surface area contributed by atoms with E-state index in [9.17, 15) is 13.2 Å². The van der Waals surface area contributed by atoms with E-state index in [4.69, 9.17) is 0 Å². The minimum Gasteiger partial charge on any atom is -0.324 e. The van der Waals surface area contributed by atoms with Crippen molar-refractivity contribution in [3.63, 3.8) is 0 Å². The predicted molar refractivity (Wildman–Crippen MR) is 92.1 cm³/mol. The highest BCUT2D eigenvalue weighted by Crippen LogP contribution is 2.32. The Balaban J connectivity index is 1.91. The fourth-order valence-corrected chi connectivity index (χ4v) is 3.15. The van der Waals surface area contributed by atoms with Gasteiger partial charge in [-0.1, -0.05) is 0 Å². The average molecular weight is 364 g/mol. The summed E-state index contributed by atoms with van der Waals surface area (Å²) in [5, 5.41) is 3.59. The van der Waals surface area contributed by atoms with Crippen molar-refractivity contribution >= 4 is 23.0 Å². The van der Waals surface area contributed by atoms with E-state index in [1.165, 1.54) is 11.3 Å². The predicted octanol–water partition coefficient (Wildman–Crippen LogP) is 5.29. The number of anilines is 2. The largest absolute Gasteiger partial charge is 0.416 e. The first kappa shape index (κ1) is 17.3. The van der Waals surface area contributed by atoms with Crippen LogP contribution in [-0.2, 0) is 6.18 Å². The standard InChI is InChI=1S/C17H15F3N4S/c1-9-6-12(17(18,19)20)8-13(7-9)23-16-21-5-4-14(24-16)15-22-10(2)11(3)25-15/h4-8H,1-3H3,(H,21,23,24). The first-order chi connectivity index (χ1) is 11.7. The zero-order valence-electron chi connectivity index (χ0n) is 13.8. The number of aromatic nitrogens is 3. The third-order valence-corrected chi connectivity index (χ3v) is 4.66. The zero-order chi connectivity index (χ0) is 18.2. The molecule has 4 nitrogen and oxygen atoms in total. The molecule has 0 fully saturated rings. The summed E-state index contributed by atoms with van der Waals surface area (Å²) < 4.78 is 38.8. The van der Waals surface area contributed by atoms with Gasteiger partial charge in [0.2, 0.25) is 5.95 Å². The fraction of sp³-hybridized carbons (Fsp3) is 0.235. The van der Waals surface area contributed by atoms with E-state index >= 15 is 0 Å². The molecule has 0 saturated carbocycles. The smallest absolute Gasteiger partial charge is 0.324 e. The fourth-order valence-electron chi connectivity index (χ4n) is 2.27. The molecule has 2 heterocycles. The molecule has 8 heteroatoms. The lowest BCUT2D eigenvalue weighted by atomic mass is 10.1. The van der Waals surface area contributed by atoms with Gasteiger partial charge in [0.25, 0.3) is 0 Å². The molecule has 3 aromatic rings. The molecule has 3 rings (SSSR count). The van der Waals surface area contributed by atoms with Crippen molar-refractivity contribution in [2.45, 2.75) is 26.9 Å². The van der Waals surface area contributed by atoms with Gasteiger partial charge in [0.1, 0.15) is 10.7 Å². The van der Waals surface area contributed by atoms with Crippen LogP contribution < -0.4 is 5.32 Å². The number of hydrogen-bond donors (Lipinski definition) is 1. The van der Waals surface area contributed by atoms with Crippen LogP contribution in [0.1, 0.15) is 21.7 Å². The van der Waals surface area contributed by atoms with E-state index in [2.05, 4.69) is 20.3 Å². The van der Waals surface area contributed by atoms with Crippen molar-refractivity contribution in [1.29, 1.82) is 0 Å². The van der Waals surface area contributed by atoms with Crippen LogP contribution in [0, 0.1) is 20.8 Å². The van der Waals surface area contributed by atoms with Crippen molar-refractivity contribution in [3.05, 3.63) is 52.2 Å². The quantitative estimate of drug-likeness (QED) is 0.686. The molecule has 0 radical (unpaired) electrons. The Bertz CT molecular complexity index is 899. The van der Waals surface area contributed by atoms with Gasteiger partial charge in [0.15, 0.2) is 0 Å². The lowest BCUT2D eigenvalue weighted by molar-refractivity contribution is -0.137. The van der Waals surface area contributed by atoms with Crippen molar-refractivity contribution in [2.24, 2.45) is 0 Å². The van der Waals surface area contributed by atoms with E-state index in [0.29, 0.717) is 11.3 Å². The van der Waals surface area contributed by atoms with Crippen LogP contribution in [0.2, 0.25) is 0 Å². The molecule has 0 amide bonds. The molecular formula is C17H15F3N4S. The summed E-state index contributed by atoms with van der Waals surface area (Å²) in [7, 11) is 0. The maximum atomic E-state index is 12.9. The number of halogens is 3. The maximum absolute atomic E-state index is 12.9. The molecule has 2 aromatic heterocycles. The van der Waals surface area contributed by atoms with E-state index in [-0.39, 0.29) is 11.6 Å². The monoisotopic (exact) mass is 364 g/mol. The van der Waals surface area contributed by atoms with Gasteiger partial charge in [-0.2, -0.15) is 13.2 Å². The highest BCUT2D eigenvalue weighted by Gasteiger charge is 2.31. The highest BCUT2D eigenvalue weighted by atomic mass is 32.1. The summed E-state index contributed by atoms with van der Waals surface area (Å²) in [6, 6.07) is 5.48. The maximum Gasteiger partial charge on any atom is 0.416 e. The number of thiazole rings is 1. The SMILES string of the molecule is Cc1cc(Nc2nccc(-c3nc(C)c(C)s3)n2)cc(C(F)(F)F)c1. The summed E-state index contributed by atoms with van der Waals surface area (Å²) in [6.45, 7) is 5.50. The Kier molecular flexibility index (Phi) is 4.47. The second kappa shape index (κ2) is 6.44. The molecular weight excluding hydrogens is 349 g/mol. The van der Waals surface area contributed by atoms with Crippen LogP contribution in [0.3, 0.4) is 0 Å². The number of nitrogens with one attached hydrogen (secondary N) is 1. The van der Waals surface area contributed by atoms with Gasteiger partial charge < -0.3 is 5.32 Å². The summed E-state index contributed by atoms with van der Waals surface area (Å²) in [5.41, 5.74) is 1.64. The Morgan fingerprint density at radius 3 is 2.44 bits per heavy atom. The molecule has 0 atom stereocenters. The second-order valence-corrected chi connectivity index (χ2v) is 6.84. The van der Waals surface area contributed by atoms with Crippen LogP contribution >= 0.6 is 11.3 Å². The molecule has 1 N–H and O–H groups in total. The lowest BCUT2D eigenvalue weighted by Crippen LogP contribution is -2.06. The number of nitrogens with zero attached hydrogens (tertiary/aromatic N) is 3. The molecule has 0 bridgehead atoms. The Morgan fingerprint density at radius 1 is 1.04 bits per heavy atom. The van der Waals surface area contributed by atoms with Gasteiger partial charge in [-0.15, -0.1) is 11.3 Å². The highest BCUT2D eigenvalue weighted by molar-refractivity contribution is 7.15. The summed E-state index contributed by atoms with van der Waals surface area (Å²) in [5.74, 6) is 0.224. The van der Waals surface area contributed by atoms with Gasteiger partial charge in [-0.05, 0) is 50.6 Å². The van der Waals surface area contributed by atoms with Crippen molar-refractivity contribution in [3.8, 4) is 10.7 Å². The number of aryl methyl sites for hydroxylation is 3. The van der Waals surface area contributed by atoms with E-state index in [1.807, 2.05) is 13.8 Å². The van der Waals surface area contributed by atoms with Gasteiger partial charge in [0.05, 0.1) is 11.3 Å². The molecule has 25 heavy (non-hydrogen) atoms. The first-order valence-electron chi connectivity index (χ1n) is 7.46. The lowest BCUT2D eigenvalue weighted by Gasteiger charge is -2.11. The first-order valence-corrected chi connectivity index (χ1v) is 8.27. The number of hydrogen-bond acceptors (Lipinski definition) is 5.